The van der Waals surface area contributed by atoms with Crippen molar-refractivity contribution in [2.24, 2.45) is 10.7 Å². The highest BCUT2D eigenvalue weighted by Crippen LogP contribution is 2.38. The molecule has 0 aromatic heterocycles. The second-order valence-corrected chi connectivity index (χ2v) is 5.58. The Bertz CT molecular complexity index is 711. The topological polar surface area (TPSA) is 41.6 Å². The Kier molecular flexibility index (Phi) is 3.16. The van der Waals surface area contributed by atoms with Crippen molar-refractivity contribution in [3.8, 4) is 0 Å². The maximum Gasteiger partial charge on any atom is 0.196 e. The van der Waals surface area contributed by atoms with Gasteiger partial charge in [-0.15, -0.1) is 0 Å². The second-order valence-electron chi connectivity index (χ2n) is 5.58. The summed E-state index contributed by atoms with van der Waals surface area (Å²) < 4.78 is 13.6. The smallest absolute Gasteiger partial charge is 0.196 e. The van der Waals surface area contributed by atoms with Crippen LogP contribution in [0.3, 0.4) is 0 Å². The molecule has 1 aliphatic rings. The SMILES string of the molecule is Cc1ccccc1N1C(N)=NCC1(C)c1cccc(F)c1. The highest BCUT2D eigenvalue weighted by atomic mass is 19.1. The number of nitrogens with zero attached hydrogens (tertiary/aromatic N) is 2. The molecule has 21 heavy (non-hydrogen) atoms. The van der Waals surface area contributed by atoms with Crippen LogP contribution in [0.1, 0.15) is 18.1 Å². The molecular weight excluding hydrogens is 265 g/mol. The van der Waals surface area contributed by atoms with Crippen molar-refractivity contribution in [2.45, 2.75) is 19.4 Å². The van der Waals surface area contributed by atoms with Crippen molar-refractivity contribution < 1.29 is 4.39 Å². The van der Waals surface area contributed by atoms with Gasteiger partial charge in [0, 0.05) is 5.69 Å². The molecule has 2 aromatic rings. The van der Waals surface area contributed by atoms with Gasteiger partial charge in [0.15, 0.2) is 5.96 Å². The van der Waals surface area contributed by atoms with Gasteiger partial charge in [0.2, 0.25) is 0 Å². The molecule has 108 valence electrons. The monoisotopic (exact) mass is 283 g/mol. The van der Waals surface area contributed by atoms with E-state index < -0.39 is 5.54 Å². The molecule has 3 nitrogen and oxygen atoms in total. The predicted molar refractivity (Wildman–Crippen MR) is 83.9 cm³/mol. The Hall–Kier alpha value is -2.36. The Morgan fingerprint density at radius 1 is 1.19 bits per heavy atom. The molecule has 2 N–H and O–H groups in total. The third-order valence-corrected chi connectivity index (χ3v) is 4.07. The molecule has 0 spiro atoms. The molecule has 0 amide bonds. The van der Waals surface area contributed by atoms with Gasteiger partial charge < -0.3 is 10.6 Å². The first-order chi connectivity index (χ1) is 10.0. The normalized spacial score (nSPS) is 21.5. The molecule has 4 heteroatoms. The molecule has 0 aliphatic carbocycles. The zero-order valence-corrected chi connectivity index (χ0v) is 12.2. The van der Waals surface area contributed by atoms with Crippen LogP contribution in [0.15, 0.2) is 53.5 Å². The Labute approximate surface area is 123 Å². The van der Waals surface area contributed by atoms with Crippen molar-refractivity contribution in [3.05, 3.63) is 65.5 Å². The minimum absolute atomic E-state index is 0.246. The van der Waals surface area contributed by atoms with E-state index in [0.29, 0.717) is 12.5 Å². The summed E-state index contributed by atoms with van der Waals surface area (Å²) >= 11 is 0. The van der Waals surface area contributed by atoms with Crippen LogP contribution in [0.4, 0.5) is 10.1 Å². The quantitative estimate of drug-likeness (QED) is 0.919. The minimum atomic E-state index is -0.474. The van der Waals surface area contributed by atoms with Gasteiger partial charge >= 0.3 is 0 Å². The number of hydrogen-bond donors (Lipinski definition) is 1. The second kappa shape index (κ2) is 4.88. The molecular formula is C17H18FN3. The molecule has 0 saturated heterocycles. The summed E-state index contributed by atoms with van der Waals surface area (Å²) in [6.07, 6.45) is 0. The predicted octanol–water partition coefficient (Wildman–Crippen LogP) is 3.18. The number of anilines is 1. The minimum Gasteiger partial charge on any atom is -0.369 e. The summed E-state index contributed by atoms with van der Waals surface area (Å²) in [5, 5.41) is 0. The van der Waals surface area contributed by atoms with Crippen molar-refractivity contribution >= 4 is 11.6 Å². The van der Waals surface area contributed by atoms with E-state index in [1.165, 1.54) is 6.07 Å². The first-order valence-electron chi connectivity index (χ1n) is 6.94. The molecule has 0 saturated carbocycles. The molecule has 1 aliphatic heterocycles. The van der Waals surface area contributed by atoms with Crippen LogP contribution in [0.2, 0.25) is 0 Å². The summed E-state index contributed by atoms with van der Waals surface area (Å²) in [6.45, 7) is 4.58. The summed E-state index contributed by atoms with van der Waals surface area (Å²) in [7, 11) is 0. The summed E-state index contributed by atoms with van der Waals surface area (Å²) in [5.74, 6) is 0.222. The largest absolute Gasteiger partial charge is 0.369 e. The Morgan fingerprint density at radius 3 is 2.67 bits per heavy atom. The molecule has 0 bridgehead atoms. The lowest BCUT2D eigenvalue weighted by Gasteiger charge is -2.37. The van der Waals surface area contributed by atoms with Gasteiger partial charge in [-0.25, -0.2) is 4.39 Å². The molecule has 0 fully saturated rings. The van der Waals surface area contributed by atoms with Crippen LogP contribution in [-0.2, 0) is 5.54 Å². The van der Waals surface area contributed by atoms with Crippen molar-refractivity contribution in [2.75, 3.05) is 11.4 Å². The first kappa shape index (κ1) is 13.6. The lowest BCUT2D eigenvalue weighted by atomic mass is 9.90. The number of guanidine groups is 1. The maximum absolute atomic E-state index is 13.6. The van der Waals surface area contributed by atoms with E-state index in [9.17, 15) is 4.39 Å². The Balaban J connectivity index is 2.13. The molecule has 1 atom stereocenters. The van der Waals surface area contributed by atoms with Crippen molar-refractivity contribution in [1.29, 1.82) is 0 Å². The number of aliphatic imine (C=N–C) groups is 1. The van der Waals surface area contributed by atoms with Crippen molar-refractivity contribution in [3.63, 3.8) is 0 Å². The van der Waals surface area contributed by atoms with Gasteiger partial charge in [-0.2, -0.15) is 0 Å². The summed E-state index contributed by atoms with van der Waals surface area (Å²) in [5.41, 5.74) is 8.62. The number of halogens is 1. The first-order valence-corrected chi connectivity index (χ1v) is 6.94. The van der Waals surface area contributed by atoms with Crippen LogP contribution < -0.4 is 10.6 Å². The van der Waals surface area contributed by atoms with Crippen LogP contribution in [0.5, 0.6) is 0 Å². The van der Waals surface area contributed by atoms with E-state index in [1.54, 1.807) is 12.1 Å². The highest BCUT2D eigenvalue weighted by Gasteiger charge is 2.41. The number of nitrogens with two attached hydrogens (primary N) is 1. The van der Waals surface area contributed by atoms with E-state index in [4.69, 9.17) is 5.73 Å². The maximum atomic E-state index is 13.6. The molecule has 2 aromatic carbocycles. The highest BCUT2D eigenvalue weighted by molar-refractivity contribution is 5.99. The Morgan fingerprint density at radius 2 is 1.95 bits per heavy atom. The fourth-order valence-electron chi connectivity index (χ4n) is 2.88. The molecule has 1 heterocycles. The lowest BCUT2D eigenvalue weighted by molar-refractivity contribution is 0.524. The zero-order chi connectivity index (χ0) is 15.0. The van der Waals surface area contributed by atoms with E-state index >= 15 is 0 Å². The standard InChI is InChI=1S/C17H18FN3/c1-12-6-3-4-9-15(12)21-16(19)20-11-17(21,2)13-7-5-8-14(18)10-13/h3-10H,11H2,1-2H3,(H2,19,20). The fraction of sp³-hybridized carbons (Fsp3) is 0.235. The van der Waals surface area contributed by atoms with E-state index in [2.05, 4.69) is 4.99 Å². The van der Waals surface area contributed by atoms with Gasteiger partial charge in [-0.3, -0.25) is 4.99 Å². The molecule has 1 unspecified atom stereocenters. The van der Waals surface area contributed by atoms with Crippen LogP contribution >= 0.6 is 0 Å². The van der Waals surface area contributed by atoms with Gasteiger partial charge in [-0.05, 0) is 43.2 Å². The number of hydrogen-bond acceptors (Lipinski definition) is 3. The number of aryl methyl sites for hydroxylation is 1. The van der Waals surface area contributed by atoms with E-state index in [1.807, 2.05) is 49.1 Å². The third-order valence-electron chi connectivity index (χ3n) is 4.07. The number of benzene rings is 2. The number of rotatable bonds is 2. The van der Waals surface area contributed by atoms with Crippen LogP contribution in [0, 0.1) is 12.7 Å². The van der Waals surface area contributed by atoms with Gasteiger partial charge in [0.1, 0.15) is 5.82 Å². The average Bonchev–Trinajstić information content (AvgIpc) is 2.77. The zero-order valence-electron chi connectivity index (χ0n) is 12.2. The molecule has 3 rings (SSSR count). The van der Waals surface area contributed by atoms with Crippen molar-refractivity contribution in [1.82, 2.24) is 0 Å². The lowest BCUT2D eigenvalue weighted by Crippen LogP contribution is -2.48. The van der Waals surface area contributed by atoms with E-state index in [-0.39, 0.29) is 5.82 Å². The van der Waals surface area contributed by atoms with Crippen LogP contribution in [0.25, 0.3) is 0 Å². The van der Waals surface area contributed by atoms with Gasteiger partial charge in [0.05, 0.1) is 12.1 Å². The van der Waals surface area contributed by atoms with E-state index in [0.717, 1.165) is 16.8 Å². The number of para-hydroxylation sites is 1. The third kappa shape index (κ3) is 2.17. The van der Waals surface area contributed by atoms with Gasteiger partial charge in [0.25, 0.3) is 0 Å². The summed E-state index contributed by atoms with van der Waals surface area (Å²) in [4.78, 5) is 6.39. The fourth-order valence-corrected chi connectivity index (χ4v) is 2.88. The van der Waals surface area contributed by atoms with Gasteiger partial charge in [-0.1, -0.05) is 30.3 Å². The summed E-state index contributed by atoms with van der Waals surface area (Å²) in [6, 6.07) is 14.7. The average molecular weight is 283 g/mol. The van der Waals surface area contributed by atoms with Crippen LogP contribution in [-0.4, -0.2) is 12.5 Å². The molecule has 0 radical (unpaired) electrons.